The van der Waals surface area contributed by atoms with Crippen LogP contribution in [0.4, 0.5) is 5.69 Å². The van der Waals surface area contributed by atoms with Crippen molar-refractivity contribution in [1.29, 1.82) is 0 Å². The first-order valence-electron chi connectivity index (χ1n) is 10.7. The van der Waals surface area contributed by atoms with E-state index in [4.69, 9.17) is 0 Å². The summed E-state index contributed by atoms with van der Waals surface area (Å²) in [4.78, 5) is 17.3. The predicted octanol–water partition coefficient (Wildman–Crippen LogP) is 2.92. The smallest absolute Gasteiger partial charge is 0.244 e. The van der Waals surface area contributed by atoms with Crippen LogP contribution in [-0.4, -0.2) is 61.4 Å². The molecule has 1 aliphatic rings. The van der Waals surface area contributed by atoms with Crippen molar-refractivity contribution < 1.29 is 13.2 Å². The van der Waals surface area contributed by atoms with E-state index in [1.54, 1.807) is 16.8 Å². The summed E-state index contributed by atoms with van der Waals surface area (Å²) in [5.74, 6) is 0.0838. The molecular formula is C24H28N4O3S. The summed E-state index contributed by atoms with van der Waals surface area (Å²) in [6.45, 7) is 6.94. The highest BCUT2D eigenvalue weighted by Gasteiger charge is 2.23. The predicted molar refractivity (Wildman–Crippen MR) is 125 cm³/mol. The van der Waals surface area contributed by atoms with Gasteiger partial charge in [0.2, 0.25) is 5.91 Å². The third-order valence-electron chi connectivity index (χ3n) is 5.86. The van der Waals surface area contributed by atoms with Crippen molar-refractivity contribution in [1.82, 2.24) is 14.7 Å². The molecule has 1 fully saturated rings. The van der Waals surface area contributed by atoms with E-state index in [1.165, 1.54) is 6.26 Å². The highest BCUT2D eigenvalue weighted by atomic mass is 32.2. The molecule has 0 saturated carbocycles. The number of benzene rings is 2. The maximum absolute atomic E-state index is 12.8. The van der Waals surface area contributed by atoms with Crippen LogP contribution in [0.3, 0.4) is 0 Å². The first-order chi connectivity index (χ1) is 15.2. The van der Waals surface area contributed by atoms with E-state index in [-0.39, 0.29) is 12.5 Å². The number of sulfone groups is 1. The normalized spacial score (nSPS) is 14.6. The largest absolute Gasteiger partial charge is 0.367 e. The molecule has 0 atom stereocenters. The van der Waals surface area contributed by atoms with Gasteiger partial charge in [-0.1, -0.05) is 30.3 Å². The molecule has 0 aliphatic carbocycles. The van der Waals surface area contributed by atoms with Gasteiger partial charge >= 0.3 is 0 Å². The van der Waals surface area contributed by atoms with Gasteiger partial charge in [0, 0.05) is 49.4 Å². The van der Waals surface area contributed by atoms with Gasteiger partial charge < -0.3 is 9.80 Å². The second-order valence-electron chi connectivity index (χ2n) is 8.27. The number of anilines is 1. The van der Waals surface area contributed by atoms with Crippen molar-refractivity contribution >= 4 is 21.4 Å². The Balaban J connectivity index is 1.46. The topological polar surface area (TPSA) is 75.5 Å². The molecule has 0 radical (unpaired) electrons. The Morgan fingerprint density at radius 2 is 1.62 bits per heavy atom. The van der Waals surface area contributed by atoms with Crippen molar-refractivity contribution in [3.05, 3.63) is 66.0 Å². The molecule has 0 spiro atoms. The summed E-state index contributed by atoms with van der Waals surface area (Å²) >= 11 is 0. The van der Waals surface area contributed by atoms with E-state index in [0.717, 1.165) is 41.3 Å². The Kier molecular flexibility index (Phi) is 6.06. The van der Waals surface area contributed by atoms with Gasteiger partial charge in [-0.15, -0.1) is 0 Å². The van der Waals surface area contributed by atoms with E-state index in [2.05, 4.69) is 16.1 Å². The van der Waals surface area contributed by atoms with E-state index in [0.29, 0.717) is 18.0 Å². The molecule has 32 heavy (non-hydrogen) atoms. The summed E-state index contributed by atoms with van der Waals surface area (Å²) in [6, 6.07) is 17.1. The minimum atomic E-state index is -3.22. The van der Waals surface area contributed by atoms with Gasteiger partial charge in [-0.3, -0.25) is 9.48 Å². The molecule has 3 aromatic rings. The Hall–Kier alpha value is -3.13. The number of hydrogen-bond donors (Lipinski definition) is 0. The van der Waals surface area contributed by atoms with Crippen LogP contribution in [0.25, 0.3) is 11.1 Å². The number of rotatable bonds is 5. The van der Waals surface area contributed by atoms with Gasteiger partial charge in [0.1, 0.15) is 6.54 Å². The van der Waals surface area contributed by atoms with Gasteiger partial charge in [0.25, 0.3) is 0 Å². The molecule has 1 aromatic heterocycles. The summed E-state index contributed by atoms with van der Waals surface area (Å²) in [7, 11) is -3.22. The minimum absolute atomic E-state index is 0.0838. The Morgan fingerprint density at radius 3 is 2.22 bits per heavy atom. The number of nitrogens with zero attached hydrogens (tertiary/aromatic N) is 4. The molecule has 7 nitrogen and oxygen atoms in total. The fraction of sp³-hybridized carbons (Fsp3) is 0.333. The molecule has 1 saturated heterocycles. The number of piperazine rings is 1. The van der Waals surface area contributed by atoms with E-state index in [1.807, 2.05) is 55.1 Å². The SMILES string of the molecule is Cc1cc(C)n(CC(=O)N2CCN(c3ccccc3-c3ccc(S(C)(=O)=O)cc3)CC2)n1. The van der Waals surface area contributed by atoms with Crippen LogP contribution in [0.2, 0.25) is 0 Å². The Morgan fingerprint density at radius 1 is 0.969 bits per heavy atom. The zero-order valence-corrected chi connectivity index (χ0v) is 19.5. The van der Waals surface area contributed by atoms with Crippen LogP contribution < -0.4 is 4.90 Å². The van der Waals surface area contributed by atoms with Crippen molar-refractivity contribution in [3.63, 3.8) is 0 Å². The molecule has 0 bridgehead atoms. The summed E-state index contributed by atoms with van der Waals surface area (Å²) < 4.78 is 25.3. The molecule has 2 heterocycles. The number of carbonyl (C=O) groups excluding carboxylic acids is 1. The molecule has 1 amide bonds. The zero-order valence-electron chi connectivity index (χ0n) is 18.7. The summed E-state index contributed by atoms with van der Waals surface area (Å²) in [5, 5.41) is 4.40. The lowest BCUT2D eigenvalue weighted by atomic mass is 10.0. The van der Waals surface area contributed by atoms with Gasteiger partial charge in [-0.05, 0) is 43.7 Å². The van der Waals surface area contributed by atoms with Gasteiger partial charge in [0.15, 0.2) is 9.84 Å². The molecule has 2 aromatic carbocycles. The maximum atomic E-state index is 12.8. The summed E-state index contributed by atoms with van der Waals surface area (Å²) in [5.41, 5.74) is 5.02. The lowest BCUT2D eigenvalue weighted by Gasteiger charge is -2.37. The number of amides is 1. The van der Waals surface area contributed by atoms with Crippen LogP contribution in [0, 0.1) is 13.8 Å². The molecule has 168 valence electrons. The van der Waals surface area contributed by atoms with Crippen LogP contribution >= 0.6 is 0 Å². The van der Waals surface area contributed by atoms with Crippen molar-refractivity contribution in [2.24, 2.45) is 0 Å². The first kappa shape index (κ1) is 22.1. The number of hydrogen-bond acceptors (Lipinski definition) is 5. The first-order valence-corrected chi connectivity index (χ1v) is 12.5. The quantitative estimate of drug-likeness (QED) is 0.595. The fourth-order valence-corrected chi connectivity index (χ4v) is 4.77. The van der Waals surface area contributed by atoms with Crippen molar-refractivity contribution in [3.8, 4) is 11.1 Å². The fourth-order valence-electron chi connectivity index (χ4n) is 4.14. The highest BCUT2D eigenvalue weighted by Crippen LogP contribution is 2.32. The van der Waals surface area contributed by atoms with E-state index >= 15 is 0 Å². The lowest BCUT2D eigenvalue weighted by molar-refractivity contribution is -0.132. The molecule has 0 unspecified atom stereocenters. The molecule has 1 aliphatic heterocycles. The van der Waals surface area contributed by atoms with Crippen LogP contribution in [0.5, 0.6) is 0 Å². The van der Waals surface area contributed by atoms with Crippen molar-refractivity contribution in [2.45, 2.75) is 25.3 Å². The molecular weight excluding hydrogens is 424 g/mol. The monoisotopic (exact) mass is 452 g/mol. The maximum Gasteiger partial charge on any atom is 0.244 e. The lowest BCUT2D eigenvalue weighted by Crippen LogP contribution is -2.49. The summed E-state index contributed by atoms with van der Waals surface area (Å²) in [6.07, 6.45) is 1.21. The van der Waals surface area contributed by atoms with Gasteiger partial charge in [-0.25, -0.2) is 8.42 Å². The second-order valence-corrected chi connectivity index (χ2v) is 10.3. The number of aryl methyl sites for hydroxylation is 2. The third kappa shape index (κ3) is 4.70. The van der Waals surface area contributed by atoms with Crippen LogP contribution in [0.15, 0.2) is 59.5 Å². The van der Waals surface area contributed by atoms with Gasteiger partial charge in [0.05, 0.1) is 10.6 Å². The number of para-hydroxylation sites is 1. The standard InChI is InChI=1S/C24H28N4O3S/c1-18-16-19(2)28(25-18)17-24(29)27-14-12-26(13-15-27)23-7-5-4-6-22(23)20-8-10-21(11-9-20)32(3,30)31/h4-11,16H,12-15,17H2,1-3H3. The van der Waals surface area contributed by atoms with E-state index in [9.17, 15) is 13.2 Å². The second kappa shape index (κ2) is 8.78. The number of aromatic nitrogens is 2. The average molecular weight is 453 g/mol. The molecule has 0 N–H and O–H groups in total. The highest BCUT2D eigenvalue weighted by molar-refractivity contribution is 7.90. The van der Waals surface area contributed by atoms with Crippen LogP contribution in [0.1, 0.15) is 11.4 Å². The van der Waals surface area contributed by atoms with Gasteiger partial charge in [-0.2, -0.15) is 5.10 Å². The average Bonchev–Trinajstić information content (AvgIpc) is 3.09. The third-order valence-corrected chi connectivity index (χ3v) is 6.99. The molecule has 4 rings (SSSR count). The van der Waals surface area contributed by atoms with Crippen LogP contribution in [-0.2, 0) is 21.2 Å². The van der Waals surface area contributed by atoms with E-state index < -0.39 is 9.84 Å². The Bertz CT molecular complexity index is 1220. The zero-order chi connectivity index (χ0) is 22.9. The minimum Gasteiger partial charge on any atom is -0.367 e. The molecule has 8 heteroatoms. The Labute approximate surface area is 189 Å². The number of carbonyl (C=O) groups is 1. The van der Waals surface area contributed by atoms with Crippen molar-refractivity contribution in [2.75, 3.05) is 37.3 Å².